The van der Waals surface area contributed by atoms with Crippen LogP contribution in [0.15, 0.2) is 24.3 Å². The first-order valence-electron chi connectivity index (χ1n) is 7.10. The van der Waals surface area contributed by atoms with Gasteiger partial charge in [0.2, 0.25) is 0 Å². The summed E-state index contributed by atoms with van der Waals surface area (Å²) in [5.41, 5.74) is 1.51. The van der Waals surface area contributed by atoms with Crippen LogP contribution < -0.4 is 0 Å². The van der Waals surface area contributed by atoms with Gasteiger partial charge in [0.25, 0.3) is 0 Å². The van der Waals surface area contributed by atoms with Gasteiger partial charge in [-0.15, -0.1) is 10.2 Å². The standard InChI is InChI=1S/C15H17N5O2/c1-2-3-12(15(21)22)13(14-17-19-20-18-14)8-10-4-6-11(9-16)7-5-10/h4-7,12-13H,2-3,8H2,1H3,(H,21,22)(H,17,18,19,20). The van der Waals surface area contributed by atoms with Crippen LogP contribution in [-0.2, 0) is 11.2 Å². The second-order valence-corrected chi connectivity index (χ2v) is 5.12. The molecule has 2 N–H and O–H groups in total. The highest BCUT2D eigenvalue weighted by molar-refractivity contribution is 5.71. The van der Waals surface area contributed by atoms with E-state index < -0.39 is 11.9 Å². The SMILES string of the molecule is CCCC(C(=O)O)C(Cc1ccc(C#N)cc1)c1nn[nH]n1. The number of carbonyl (C=O) groups is 1. The van der Waals surface area contributed by atoms with Gasteiger partial charge in [-0.3, -0.25) is 4.79 Å². The Hall–Kier alpha value is -2.75. The molecule has 1 aromatic heterocycles. The molecule has 22 heavy (non-hydrogen) atoms. The summed E-state index contributed by atoms with van der Waals surface area (Å²) in [5.74, 6) is -1.38. The molecule has 7 heteroatoms. The minimum atomic E-state index is -0.856. The number of aromatic nitrogens is 4. The Morgan fingerprint density at radius 1 is 1.41 bits per heavy atom. The van der Waals surface area contributed by atoms with E-state index in [9.17, 15) is 9.90 Å². The van der Waals surface area contributed by atoms with Crippen molar-refractivity contribution in [3.63, 3.8) is 0 Å². The number of nitriles is 1. The number of tetrazole rings is 1. The maximum Gasteiger partial charge on any atom is 0.307 e. The molecule has 2 aromatic rings. The molecule has 0 bridgehead atoms. The van der Waals surface area contributed by atoms with Crippen LogP contribution >= 0.6 is 0 Å². The largest absolute Gasteiger partial charge is 0.481 e. The zero-order valence-electron chi connectivity index (χ0n) is 12.2. The summed E-state index contributed by atoms with van der Waals surface area (Å²) in [6.07, 6.45) is 1.80. The highest BCUT2D eigenvalue weighted by Crippen LogP contribution is 2.29. The average molecular weight is 299 g/mol. The lowest BCUT2D eigenvalue weighted by Crippen LogP contribution is -2.25. The van der Waals surface area contributed by atoms with Gasteiger partial charge in [0.1, 0.15) is 0 Å². The molecule has 2 atom stereocenters. The van der Waals surface area contributed by atoms with Crippen LogP contribution in [0.25, 0.3) is 0 Å². The highest BCUT2D eigenvalue weighted by atomic mass is 16.4. The van der Waals surface area contributed by atoms with Gasteiger partial charge in [-0.25, -0.2) is 0 Å². The van der Waals surface area contributed by atoms with Crippen molar-refractivity contribution in [2.75, 3.05) is 0 Å². The van der Waals surface area contributed by atoms with Crippen LogP contribution in [0.4, 0.5) is 0 Å². The molecule has 0 aliphatic carbocycles. The van der Waals surface area contributed by atoms with E-state index in [1.54, 1.807) is 12.1 Å². The van der Waals surface area contributed by atoms with Gasteiger partial charge in [-0.2, -0.15) is 10.5 Å². The van der Waals surface area contributed by atoms with Gasteiger partial charge in [0, 0.05) is 5.92 Å². The molecular formula is C15H17N5O2. The first-order chi connectivity index (χ1) is 10.7. The lowest BCUT2D eigenvalue weighted by molar-refractivity contribution is -0.142. The van der Waals surface area contributed by atoms with E-state index in [4.69, 9.17) is 5.26 Å². The molecule has 7 nitrogen and oxygen atoms in total. The molecule has 0 aliphatic rings. The smallest absolute Gasteiger partial charge is 0.307 e. The summed E-state index contributed by atoms with van der Waals surface area (Å²) in [5, 5.41) is 32.2. The predicted octanol–water partition coefficient (Wildman–Crippen LogP) is 1.90. The van der Waals surface area contributed by atoms with Crippen LogP contribution in [0, 0.1) is 17.2 Å². The number of hydrogen-bond acceptors (Lipinski definition) is 5. The summed E-state index contributed by atoms with van der Waals surface area (Å²) >= 11 is 0. The molecule has 0 saturated carbocycles. The van der Waals surface area contributed by atoms with Gasteiger partial charge in [-0.05, 0) is 30.5 Å². The normalized spacial score (nSPS) is 13.3. The molecule has 0 radical (unpaired) electrons. The number of hydrogen-bond donors (Lipinski definition) is 2. The summed E-state index contributed by atoms with van der Waals surface area (Å²) in [6.45, 7) is 1.95. The maximum atomic E-state index is 11.6. The minimum absolute atomic E-state index is 0.357. The van der Waals surface area contributed by atoms with Crippen molar-refractivity contribution in [3.05, 3.63) is 41.2 Å². The first kappa shape index (κ1) is 15.6. The third kappa shape index (κ3) is 3.67. The zero-order chi connectivity index (χ0) is 15.9. The molecule has 2 unspecified atom stereocenters. The van der Waals surface area contributed by atoms with E-state index in [1.165, 1.54) is 0 Å². The third-order valence-electron chi connectivity index (χ3n) is 3.63. The lowest BCUT2D eigenvalue weighted by Gasteiger charge is -2.21. The van der Waals surface area contributed by atoms with Crippen LogP contribution in [-0.4, -0.2) is 31.7 Å². The number of nitrogens with one attached hydrogen (secondary N) is 1. The molecule has 114 valence electrons. The van der Waals surface area contributed by atoms with Gasteiger partial charge in [-0.1, -0.05) is 30.7 Å². The average Bonchev–Trinajstić information content (AvgIpc) is 3.05. The fourth-order valence-corrected chi connectivity index (χ4v) is 2.52. The topological polar surface area (TPSA) is 116 Å². The van der Waals surface area contributed by atoms with Crippen molar-refractivity contribution in [2.45, 2.75) is 32.1 Å². The molecule has 0 fully saturated rings. The van der Waals surface area contributed by atoms with Crippen LogP contribution in [0.1, 0.15) is 42.6 Å². The van der Waals surface area contributed by atoms with Crippen LogP contribution in [0.3, 0.4) is 0 Å². The van der Waals surface area contributed by atoms with E-state index >= 15 is 0 Å². The summed E-state index contributed by atoms with van der Waals surface area (Å²) in [6, 6.07) is 9.16. The molecule has 0 spiro atoms. The van der Waals surface area contributed by atoms with Crippen molar-refractivity contribution in [1.29, 1.82) is 5.26 Å². The molecular weight excluding hydrogens is 282 g/mol. The van der Waals surface area contributed by atoms with Crippen molar-refractivity contribution in [2.24, 2.45) is 5.92 Å². The van der Waals surface area contributed by atoms with Gasteiger partial charge in [0.15, 0.2) is 5.82 Å². The zero-order valence-corrected chi connectivity index (χ0v) is 12.2. The van der Waals surface area contributed by atoms with Crippen LogP contribution in [0.2, 0.25) is 0 Å². The number of carboxylic acids is 1. The highest BCUT2D eigenvalue weighted by Gasteiger charge is 2.31. The second-order valence-electron chi connectivity index (χ2n) is 5.12. The number of benzene rings is 1. The predicted molar refractivity (Wildman–Crippen MR) is 77.8 cm³/mol. The van der Waals surface area contributed by atoms with Gasteiger partial charge in [0.05, 0.1) is 17.6 Å². The maximum absolute atomic E-state index is 11.6. The molecule has 1 aromatic carbocycles. The number of H-pyrrole nitrogens is 1. The van der Waals surface area contributed by atoms with Crippen molar-refractivity contribution >= 4 is 5.97 Å². The van der Waals surface area contributed by atoms with E-state index in [0.29, 0.717) is 24.2 Å². The molecule has 0 amide bonds. The van der Waals surface area contributed by atoms with Crippen molar-refractivity contribution in [1.82, 2.24) is 20.6 Å². The van der Waals surface area contributed by atoms with E-state index in [-0.39, 0.29) is 5.92 Å². The summed E-state index contributed by atoms with van der Waals surface area (Å²) in [7, 11) is 0. The Morgan fingerprint density at radius 2 is 2.14 bits per heavy atom. The number of nitrogens with zero attached hydrogens (tertiary/aromatic N) is 4. The number of aliphatic carboxylic acids is 1. The van der Waals surface area contributed by atoms with Gasteiger partial charge < -0.3 is 5.11 Å². The Labute approximate surface area is 128 Å². The van der Waals surface area contributed by atoms with E-state index in [0.717, 1.165) is 12.0 Å². The summed E-state index contributed by atoms with van der Waals surface area (Å²) < 4.78 is 0. The lowest BCUT2D eigenvalue weighted by atomic mass is 9.83. The number of carboxylic acid groups (broad SMARTS) is 1. The minimum Gasteiger partial charge on any atom is -0.481 e. The Bertz CT molecular complexity index is 646. The van der Waals surface area contributed by atoms with Crippen molar-refractivity contribution in [3.8, 4) is 6.07 Å². The molecule has 0 aliphatic heterocycles. The first-order valence-corrected chi connectivity index (χ1v) is 7.10. The van der Waals surface area contributed by atoms with E-state index in [2.05, 4.69) is 26.7 Å². The third-order valence-corrected chi connectivity index (χ3v) is 3.63. The van der Waals surface area contributed by atoms with Gasteiger partial charge >= 0.3 is 5.97 Å². The van der Waals surface area contributed by atoms with E-state index in [1.807, 2.05) is 19.1 Å². The fraction of sp³-hybridized carbons (Fsp3) is 0.400. The van der Waals surface area contributed by atoms with Crippen molar-refractivity contribution < 1.29 is 9.90 Å². The number of rotatable bonds is 7. The fourth-order valence-electron chi connectivity index (χ4n) is 2.52. The quantitative estimate of drug-likeness (QED) is 0.806. The Balaban J connectivity index is 2.28. The molecule has 2 rings (SSSR count). The molecule has 0 saturated heterocycles. The summed E-state index contributed by atoms with van der Waals surface area (Å²) in [4.78, 5) is 11.6. The number of aromatic amines is 1. The Morgan fingerprint density at radius 3 is 2.64 bits per heavy atom. The Kier molecular flexibility index (Phi) is 5.20. The monoisotopic (exact) mass is 299 g/mol. The van der Waals surface area contributed by atoms with Crippen LogP contribution in [0.5, 0.6) is 0 Å². The second kappa shape index (κ2) is 7.31. The molecule has 1 heterocycles.